The highest BCUT2D eigenvalue weighted by Crippen LogP contribution is 2.54. The van der Waals surface area contributed by atoms with E-state index >= 15 is 0 Å². The predicted octanol–water partition coefficient (Wildman–Crippen LogP) is 2.93. The molecule has 5 rings (SSSR count). The van der Waals surface area contributed by atoms with Crippen LogP contribution in [-0.2, 0) is 27.2 Å². The summed E-state index contributed by atoms with van der Waals surface area (Å²) in [5.41, 5.74) is 4.17. The number of likely N-dealkylation sites (N-methyl/N-ethyl adjacent to an activating group) is 1. The number of phenolic OH excluding ortho intramolecular Hbond substituents is 1. The number of anilines is 1. The summed E-state index contributed by atoms with van der Waals surface area (Å²) in [6, 6.07) is 0.852. The molecule has 4 aliphatic rings. The van der Waals surface area contributed by atoms with Crippen LogP contribution >= 0.6 is 0 Å². The number of rotatable bonds is 7. The molecule has 0 aliphatic heterocycles. The van der Waals surface area contributed by atoms with Crippen LogP contribution in [0.25, 0.3) is 5.76 Å². The van der Waals surface area contributed by atoms with Crippen LogP contribution in [0.15, 0.2) is 23.0 Å². The molecule has 4 unspecified atom stereocenters. The molecule has 4 aliphatic carbocycles. The second kappa shape index (κ2) is 11.0. The number of amides is 1. The molecule has 0 heterocycles. The molecule has 4 atom stereocenters. The molecule has 1 aromatic rings. The lowest BCUT2D eigenvalue weighted by Crippen LogP contribution is -2.65. The number of carbonyl (C=O) groups excluding carboxylic acids is 3. The van der Waals surface area contributed by atoms with E-state index in [4.69, 9.17) is 5.73 Å². The van der Waals surface area contributed by atoms with Crippen LogP contribution in [-0.4, -0.2) is 82.6 Å². The number of nitrogens with two attached hydrogens (primary N) is 1. The minimum Gasteiger partial charge on any atom is -0.508 e. The summed E-state index contributed by atoms with van der Waals surface area (Å²) < 4.78 is 0. The first-order valence-corrected chi connectivity index (χ1v) is 15.0. The van der Waals surface area contributed by atoms with E-state index in [1.807, 2.05) is 25.1 Å². The van der Waals surface area contributed by atoms with Crippen LogP contribution < -0.4 is 10.6 Å². The monoisotopic (exact) mass is 581 g/mol. The highest BCUT2D eigenvalue weighted by Gasteiger charge is 2.64. The standard InChI is InChI=1S/C32H43N3O7/c1-34(2)21-15-17(12-8-11-16-9-6-5-7-10-16)26(36)23-19(21)13-18-14-20-25(35(3)4)28(38)24(31(33)41)30(40)32(20,42)29(39)22(18)27(23)37/h15-16,18,20,25,36-37,40,42H,5-14H2,1-4H3,(H2,33,41). The van der Waals surface area contributed by atoms with Gasteiger partial charge >= 0.3 is 0 Å². The number of primary amides is 1. The van der Waals surface area contributed by atoms with E-state index in [1.54, 1.807) is 14.1 Å². The Labute approximate surface area is 246 Å². The van der Waals surface area contributed by atoms with Gasteiger partial charge in [-0.1, -0.05) is 38.5 Å². The summed E-state index contributed by atoms with van der Waals surface area (Å²) in [6.45, 7) is 0. The van der Waals surface area contributed by atoms with Gasteiger partial charge in [0, 0.05) is 31.3 Å². The van der Waals surface area contributed by atoms with Crippen LogP contribution in [0.3, 0.4) is 0 Å². The van der Waals surface area contributed by atoms with Crippen molar-refractivity contribution < 1.29 is 34.8 Å². The Morgan fingerprint density at radius 2 is 1.74 bits per heavy atom. The van der Waals surface area contributed by atoms with E-state index in [0.29, 0.717) is 23.5 Å². The van der Waals surface area contributed by atoms with Crippen molar-refractivity contribution in [3.8, 4) is 5.75 Å². The fraction of sp³-hybridized carbons (Fsp3) is 0.594. The fourth-order valence-electron chi connectivity index (χ4n) is 7.99. The van der Waals surface area contributed by atoms with E-state index in [-0.39, 0.29) is 29.7 Å². The molecule has 0 aromatic heterocycles. The lowest BCUT2D eigenvalue weighted by Gasteiger charge is -2.50. The number of aliphatic hydroxyl groups excluding tert-OH is 2. The van der Waals surface area contributed by atoms with Gasteiger partial charge in [-0.2, -0.15) is 0 Å². The second-order valence-corrected chi connectivity index (χ2v) is 13.0. The summed E-state index contributed by atoms with van der Waals surface area (Å²) in [7, 11) is 6.95. The molecule has 2 saturated carbocycles. The Morgan fingerprint density at radius 1 is 1.07 bits per heavy atom. The zero-order chi connectivity index (χ0) is 30.7. The van der Waals surface area contributed by atoms with Crippen molar-refractivity contribution in [2.75, 3.05) is 33.1 Å². The van der Waals surface area contributed by atoms with Crippen LogP contribution in [0.2, 0.25) is 0 Å². The molecule has 10 nitrogen and oxygen atoms in total. The zero-order valence-electron chi connectivity index (χ0n) is 24.9. The predicted molar refractivity (Wildman–Crippen MR) is 158 cm³/mol. The maximum Gasteiger partial charge on any atom is 0.255 e. The topological polar surface area (TPSA) is 165 Å². The molecular weight excluding hydrogens is 538 g/mol. The van der Waals surface area contributed by atoms with Gasteiger partial charge in [0.2, 0.25) is 5.78 Å². The van der Waals surface area contributed by atoms with Crippen molar-refractivity contribution in [3.05, 3.63) is 39.7 Å². The van der Waals surface area contributed by atoms with Gasteiger partial charge in [0.05, 0.1) is 11.6 Å². The SMILES string of the molecule is CN(C)c1cc(CCCC2CCCCC2)c(O)c2c1CC1CC3C(N(C)C)C(=O)C(C(N)=O)=C(O)C3(O)C(=O)C1=C2O. The molecule has 10 heteroatoms. The first kappa shape index (κ1) is 30.1. The maximum absolute atomic E-state index is 14.1. The molecule has 2 fully saturated rings. The number of ketones is 2. The van der Waals surface area contributed by atoms with Gasteiger partial charge in [0.1, 0.15) is 22.8 Å². The van der Waals surface area contributed by atoms with Gasteiger partial charge in [-0.25, -0.2) is 0 Å². The first-order chi connectivity index (χ1) is 19.8. The minimum absolute atomic E-state index is 0.0720. The molecule has 1 aromatic carbocycles. The largest absolute Gasteiger partial charge is 0.508 e. The van der Waals surface area contributed by atoms with E-state index in [9.17, 15) is 34.8 Å². The van der Waals surface area contributed by atoms with Crippen molar-refractivity contribution in [1.29, 1.82) is 0 Å². The number of phenols is 1. The summed E-state index contributed by atoms with van der Waals surface area (Å²) in [5, 5.41) is 46.0. The smallest absolute Gasteiger partial charge is 0.255 e. The normalized spacial score (nSPS) is 28.1. The van der Waals surface area contributed by atoms with Crippen LogP contribution in [0, 0.1) is 17.8 Å². The number of hydrogen-bond acceptors (Lipinski definition) is 9. The number of aryl methyl sites for hydroxylation is 1. The van der Waals surface area contributed by atoms with Crippen LogP contribution in [0.4, 0.5) is 5.69 Å². The van der Waals surface area contributed by atoms with Gasteiger partial charge in [0.25, 0.3) is 5.91 Å². The Balaban J connectivity index is 1.60. The molecule has 228 valence electrons. The number of aromatic hydroxyl groups is 1. The highest BCUT2D eigenvalue weighted by molar-refractivity contribution is 6.24. The molecular formula is C32H43N3O7. The van der Waals surface area contributed by atoms with Crippen LogP contribution in [0.1, 0.15) is 68.1 Å². The first-order valence-electron chi connectivity index (χ1n) is 15.0. The van der Waals surface area contributed by atoms with Gasteiger partial charge in [-0.05, 0) is 68.8 Å². The summed E-state index contributed by atoms with van der Waals surface area (Å²) >= 11 is 0. The van der Waals surface area contributed by atoms with Gasteiger partial charge in [-0.3, -0.25) is 19.3 Å². The summed E-state index contributed by atoms with van der Waals surface area (Å²) in [6.07, 6.45) is 9.20. The zero-order valence-corrected chi connectivity index (χ0v) is 24.9. The third kappa shape index (κ3) is 4.59. The Kier molecular flexibility index (Phi) is 7.91. The van der Waals surface area contributed by atoms with Gasteiger partial charge in [0.15, 0.2) is 11.4 Å². The molecule has 0 bridgehead atoms. The van der Waals surface area contributed by atoms with Crippen molar-refractivity contribution in [2.24, 2.45) is 23.5 Å². The number of hydrogen-bond donors (Lipinski definition) is 5. The average Bonchev–Trinajstić information content (AvgIpc) is 2.92. The lowest BCUT2D eigenvalue weighted by molar-refractivity contribution is -0.153. The summed E-state index contributed by atoms with van der Waals surface area (Å²) in [4.78, 5) is 43.0. The van der Waals surface area contributed by atoms with Gasteiger partial charge < -0.3 is 31.1 Å². The molecule has 0 saturated heterocycles. The van der Waals surface area contributed by atoms with Crippen molar-refractivity contribution in [2.45, 2.75) is 75.9 Å². The number of Topliss-reactive ketones (excluding diaryl/α,β-unsaturated/α-hetero) is 2. The number of carbonyl (C=O) groups is 3. The molecule has 1 amide bonds. The molecule has 0 radical (unpaired) electrons. The van der Waals surface area contributed by atoms with Crippen LogP contribution in [0.5, 0.6) is 5.75 Å². The molecule has 0 spiro atoms. The van der Waals surface area contributed by atoms with Crippen molar-refractivity contribution in [1.82, 2.24) is 4.90 Å². The third-order valence-corrected chi connectivity index (χ3v) is 10.0. The van der Waals surface area contributed by atoms with E-state index in [2.05, 4.69) is 0 Å². The number of fused-ring (bicyclic) bond motifs is 3. The lowest BCUT2D eigenvalue weighted by atomic mass is 9.57. The number of nitrogens with zero attached hydrogens (tertiary/aromatic N) is 2. The second-order valence-electron chi connectivity index (χ2n) is 13.0. The van der Waals surface area contributed by atoms with E-state index in [0.717, 1.165) is 18.5 Å². The fourth-order valence-corrected chi connectivity index (χ4v) is 7.99. The Hall–Kier alpha value is -3.37. The summed E-state index contributed by atoms with van der Waals surface area (Å²) in [5.74, 6) is -5.60. The minimum atomic E-state index is -2.64. The Morgan fingerprint density at radius 3 is 2.33 bits per heavy atom. The average molecular weight is 582 g/mol. The highest BCUT2D eigenvalue weighted by atomic mass is 16.3. The number of benzene rings is 1. The molecule has 6 N–H and O–H groups in total. The quantitative estimate of drug-likeness (QED) is 0.305. The molecule has 42 heavy (non-hydrogen) atoms. The maximum atomic E-state index is 14.1. The van der Waals surface area contributed by atoms with E-state index < -0.39 is 58.0 Å². The number of aliphatic hydroxyl groups is 3. The van der Waals surface area contributed by atoms with Crippen molar-refractivity contribution in [3.63, 3.8) is 0 Å². The van der Waals surface area contributed by atoms with Gasteiger partial charge in [-0.15, -0.1) is 0 Å². The third-order valence-electron chi connectivity index (χ3n) is 10.0. The Bertz CT molecular complexity index is 1390. The van der Waals surface area contributed by atoms with E-state index in [1.165, 1.54) is 37.0 Å². The van der Waals surface area contributed by atoms with Crippen molar-refractivity contribution >= 4 is 28.9 Å².